The van der Waals surface area contributed by atoms with Crippen LogP contribution in [0.5, 0.6) is 0 Å². The Labute approximate surface area is 114 Å². The van der Waals surface area contributed by atoms with Crippen molar-refractivity contribution >= 4 is 12.0 Å². The molecule has 0 aromatic carbocycles. The van der Waals surface area contributed by atoms with Crippen LogP contribution in [0, 0.1) is 5.92 Å². The van der Waals surface area contributed by atoms with Gasteiger partial charge in [-0.25, -0.2) is 9.59 Å². The number of aliphatic carboxylic acids is 1. The summed E-state index contributed by atoms with van der Waals surface area (Å²) in [5.41, 5.74) is 0. The number of likely N-dealkylation sites (N-methyl/N-ethyl adjacent to an activating group) is 1. The Morgan fingerprint density at radius 2 is 1.95 bits per heavy atom. The highest BCUT2D eigenvalue weighted by Crippen LogP contribution is 2.00. The maximum Gasteiger partial charge on any atom is 0.326 e. The molecule has 7 heteroatoms. The first-order valence-corrected chi connectivity index (χ1v) is 6.33. The van der Waals surface area contributed by atoms with E-state index in [1.54, 1.807) is 21.0 Å². The van der Waals surface area contributed by atoms with Crippen LogP contribution in [0.15, 0.2) is 0 Å². The normalized spacial score (nSPS) is 12.5. The summed E-state index contributed by atoms with van der Waals surface area (Å²) in [5.74, 6) is -1.19. The number of carbonyl (C=O) groups is 2. The highest BCUT2D eigenvalue weighted by Gasteiger charge is 2.22. The summed E-state index contributed by atoms with van der Waals surface area (Å²) in [6, 6.07) is -1.33. The second kappa shape index (κ2) is 9.57. The standard InChI is InChI=1S/C12H25N3O4/c1-9(2)10(11(16)17)14-12(18)13-5-6-15(3)7-8-19-4/h9-10H,5-8H2,1-4H3,(H,16,17)(H2,13,14,18). The Morgan fingerprint density at radius 1 is 1.32 bits per heavy atom. The van der Waals surface area contributed by atoms with Crippen LogP contribution in [0.25, 0.3) is 0 Å². The fourth-order valence-corrected chi connectivity index (χ4v) is 1.43. The minimum atomic E-state index is -1.03. The lowest BCUT2D eigenvalue weighted by atomic mass is 10.1. The van der Waals surface area contributed by atoms with Crippen molar-refractivity contribution in [3.8, 4) is 0 Å². The van der Waals surface area contributed by atoms with Gasteiger partial charge in [0.2, 0.25) is 0 Å². The van der Waals surface area contributed by atoms with E-state index in [1.165, 1.54) is 0 Å². The molecule has 0 aromatic rings. The van der Waals surface area contributed by atoms with Crippen molar-refractivity contribution in [2.45, 2.75) is 19.9 Å². The van der Waals surface area contributed by atoms with E-state index in [4.69, 9.17) is 9.84 Å². The maximum absolute atomic E-state index is 11.5. The molecule has 0 radical (unpaired) electrons. The molecule has 0 aliphatic heterocycles. The molecule has 19 heavy (non-hydrogen) atoms. The Morgan fingerprint density at radius 3 is 2.42 bits per heavy atom. The Bertz CT molecular complexity index is 284. The molecular formula is C12H25N3O4. The van der Waals surface area contributed by atoms with Crippen LogP contribution in [0.4, 0.5) is 4.79 Å². The summed E-state index contributed by atoms with van der Waals surface area (Å²) in [7, 11) is 3.56. The molecule has 3 N–H and O–H groups in total. The van der Waals surface area contributed by atoms with Crippen molar-refractivity contribution in [2.75, 3.05) is 40.4 Å². The van der Waals surface area contributed by atoms with Gasteiger partial charge in [-0.1, -0.05) is 13.8 Å². The molecule has 0 bridgehead atoms. The second-order valence-corrected chi connectivity index (χ2v) is 4.76. The van der Waals surface area contributed by atoms with Crippen LogP contribution < -0.4 is 10.6 Å². The first-order chi connectivity index (χ1) is 8.88. The summed E-state index contributed by atoms with van der Waals surface area (Å²) >= 11 is 0. The number of hydrogen-bond donors (Lipinski definition) is 3. The van der Waals surface area contributed by atoms with Gasteiger partial charge in [0.1, 0.15) is 6.04 Å². The van der Waals surface area contributed by atoms with E-state index in [-0.39, 0.29) is 5.92 Å². The molecule has 0 heterocycles. The zero-order chi connectivity index (χ0) is 14.8. The molecule has 0 aliphatic rings. The minimum absolute atomic E-state index is 0.160. The van der Waals surface area contributed by atoms with E-state index in [1.807, 2.05) is 11.9 Å². The number of carboxylic acid groups (broad SMARTS) is 1. The summed E-state index contributed by atoms with van der Waals surface area (Å²) in [5, 5.41) is 14.0. The van der Waals surface area contributed by atoms with Gasteiger partial charge in [-0.3, -0.25) is 0 Å². The summed E-state index contributed by atoms with van der Waals surface area (Å²) in [6.07, 6.45) is 0. The van der Waals surface area contributed by atoms with Crippen molar-refractivity contribution in [3.05, 3.63) is 0 Å². The maximum atomic E-state index is 11.5. The highest BCUT2D eigenvalue weighted by atomic mass is 16.5. The van der Waals surface area contributed by atoms with Gasteiger partial charge < -0.3 is 25.4 Å². The predicted octanol–water partition coefficient (Wildman–Crippen LogP) is -0.0270. The molecule has 1 atom stereocenters. The van der Waals surface area contributed by atoms with Gasteiger partial charge in [0.15, 0.2) is 0 Å². The first-order valence-electron chi connectivity index (χ1n) is 6.33. The fraction of sp³-hybridized carbons (Fsp3) is 0.833. The molecule has 0 aromatic heterocycles. The monoisotopic (exact) mass is 275 g/mol. The lowest BCUT2D eigenvalue weighted by molar-refractivity contribution is -0.140. The number of carbonyl (C=O) groups excluding carboxylic acids is 1. The van der Waals surface area contributed by atoms with Gasteiger partial charge in [-0.2, -0.15) is 0 Å². The van der Waals surface area contributed by atoms with E-state index in [0.29, 0.717) is 19.7 Å². The van der Waals surface area contributed by atoms with Crippen molar-refractivity contribution < 1.29 is 19.4 Å². The lowest BCUT2D eigenvalue weighted by Gasteiger charge is -2.19. The molecule has 0 spiro atoms. The number of ether oxygens (including phenoxy) is 1. The van der Waals surface area contributed by atoms with Gasteiger partial charge in [0.25, 0.3) is 0 Å². The van der Waals surface area contributed by atoms with E-state index in [2.05, 4.69) is 10.6 Å². The van der Waals surface area contributed by atoms with Gasteiger partial charge in [0.05, 0.1) is 6.61 Å². The van der Waals surface area contributed by atoms with Crippen LogP contribution in [0.1, 0.15) is 13.8 Å². The predicted molar refractivity (Wildman–Crippen MR) is 72.2 cm³/mol. The number of amides is 2. The van der Waals surface area contributed by atoms with Crippen LogP contribution in [-0.4, -0.2) is 68.4 Å². The van der Waals surface area contributed by atoms with Crippen LogP contribution >= 0.6 is 0 Å². The summed E-state index contributed by atoms with van der Waals surface area (Å²) < 4.78 is 4.94. The number of methoxy groups -OCH3 is 1. The highest BCUT2D eigenvalue weighted by molar-refractivity contribution is 5.82. The van der Waals surface area contributed by atoms with E-state index < -0.39 is 18.0 Å². The average Bonchev–Trinajstić information content (AvgIpc) is 2.32. The van der Waals surface area contributed by atoms with E-state index in [9.17, 15) is 9.59 Å². The molecule has 112 valence electrons. The lowest BCUT2D eigenvalue weighted by Crippen LogP contribution is -2.49. The zero-order valence-electron chi connectivity index (χ0n) is 12.1. The third-order valence-electron chi connectivity index (χ3n) is 2.68. The summed E-state index contributed by atoms with van der Waals surface area (Å²) in [6.45, 7) is 6.04. The smallest absolute Gasteiger partial charge is 0.326 e. The topological polar surface area (TPSA) is 90.9 Å². The van der Waals surface area contributed by atoms with Gasteiger partial charge >= 0.3 is 12.0 Å². The number of nitrogens with one attached hydrogen (secondary N) is 2. The van der Waals surface area contributed by atoms with Crippen LogP contribution in [0.2, 0.25) is 0 Å². The third-order valence-corrected chi connectivity index (χ3v) is 2.68. The van der Waals surface area contributed by atoms with Crippen molar-refractivity contribution in [1.82, 2.24) is 15.5 Å². The first kappa shape index (κ1) is 17.7. The molecule has 7 nitrogen and oxygen atoms in total. The number of carboxylic acids is 1. The molecular weight excluding hydrogens is 250 g/mol. The van der Waals surface area contributed by atoms with Crippen LogP contribution in [-0.2, 0) is 9.53 Å². The quantitative estimate of drug-likeness (QED) is 0.550. The molecule has 1 unspecified atom stereocenters. The Balaban J connectivity index is 3.89. The fourth-order valence-electron chi connectivity index (χ4n) is 1.43. The van der Waals surface area contributed by atoms with Crippen molar-refractivity contribution in [3.63, 3.8) is 0 Å². The van der Waals surface area contributed by atoms with Crippen molar-refractivity contribution in [2.24, 2.45) is 5.92 Å². The summed E-state index contributed by atoms with van der Waals surface area (Å²) in [4.78, 5) is 24.5. The van der Waals surface area contributed by atoms with Crippen molar-refractivity contribution in [1.29, 1.82) is 0 Å². The SMILES string of the molecule is COCCN(C)CCNC(=O)NC(C(=O)O)C(C)C. The van der Waals surface area contributed by atoms with Gasteiger partial charge in [-0.05, 0) is 13.0 Å². The minimum Gasteiger partial charge on any atom is -0.480 e. The van der Waals surface area contributed by atoms with Gasteiger partial charge in [-0.15, -0.1) is 0 Å². The number of hydrogen-bond acceptors (Lipinski definition) is 4. The second-order valence-electron chi connectivity index (χ2n) is 4.76. The molecule has 0 rings (SSSR count). The van der Waals surface area contributed by atoms with Gasteiger partial charge in [0, 0.05) is 26.7 Å². The Hall–Kier alpha value is -1.34. The third kappa shape index (κ3) is 8.39. The molecule has 0 saturated carbocycles. The number of urea groups is 1. The van der Waals surface area contributed by atoms with E-state index >= 15 is 0 Å². The molecule has 0 saturated heterocycles. The molecule has 2 amide bonds. The Kier molecular flexibility index (Phi) is 8.90. The average molecular weight is 275 g/mol. The number of nitrogens with zero attached hydrogens (tertiary/aromatic N) is 1. The molecule has 0 aliphatic carbocycles. The van der Waals surface area contributed by atoms with E-state index in [0.717, 1.165) is 6.54 Å². The largest absolute Gasteiger partial charge is 0.480 e. The molecule has 0 fully saturated rings. The van der Waals surface area contributed by atoms with Crippen LogP contribution in [0.3, 0.4) is 0 Å². The zero-order valence-corrected chi connectivity index (χ0v) is 12.1. The number of rotatable bonds is 9.